The van der Waals surface area contributed by atoms with Crippen molar-refractivity contribution in [3.63, 3.8) is 0 Å². The van der Waals surface area contributed by atoms with Crippen molar-refractivity contribution in [2.45, 2.75) is 18.4 Å². The quantitative estimate of drug-likeness (QED) is 0.774. The molecule has 1 aromatic rings. The van der Waals surface area contributed by atoms with Crippen LogP contribution in [0.3, 0.4) is 0 Å². The van der Waals surface area contributed by atoms with E-state index in [-0.39, 0.29) is 6.61 Å². The highest BCUT2D eigenvalue weighted by atomic mass is 19.3. The fraction of sp³-hybridized carbons (Fsp3) is 0.333. The molecule has 1 atom stereocenters. The van der Waals surface area contributed by atoms with E-state index in [0.29, 0.717) is 5.56 Å². The number of esters is 2. The Bertz CT molecular complexity index is 458. The molecular formula is C12H10F2O4. The molecule has 96 valence electrons. The van der Waals surface area contributed by atoms with Gasteiger partial charge in [0, 0.05) is 0 Å². The molecule has 0 bridgehead atoms. The number of rotatable bonds is 3. The van der Waals surface area contributed by atoms with E-state index in [1.165, 1.54) is 12.1 Å². The third-order valence-electron chi connectivity index (χ3n) is 2.47. The van der Waals surface area contributed by atoms with E-state index < -0.39 is 30.4 Å². The summed E-state index contributed by atoms with van der Waals surface area (Å²) in [5.74, 6) is -5.69. The van der Waals surface area contributed by atoms with Gasteiger partial charge >= 0.3 is 17.9 Å². The van der Waals surface area contributed by atoms with Gasteiger partial charge in [0.1, 0.15) is 12.7 Å². The van der Waals surface area contributed by atoms with Gasteiger partial charge in [0.25, 0.3) is 0 Å². The monoisotopic (exact) mass is 256 g/mol. The number of ether oxygens (including phenoxy) is 2. The van der Waals surface area contributed by atoms with Crippen LogP contribution >= 0.6 is 0 Å². The van der Waals surface area contributed by atoms with Crippen molar-refractivity contribution in [1.29, 1.82) is 0 Å². The van der Waals surface area contributed by atoms with Gasteiger partial charge < -0.3 is 9.47 Å². The van der Waals surface area contributed by atoms with Crippen LogP contribution in [0.2, 0.25) is 0 Å². The predicted molar refractivity (Wildman–Crippen MR) is 56.2 cm³/mol. The highest BCUT2D eigenvalue weighted by Gasteiger charge is 2.51. The third-order valence-corrected chi connectivity index (χ3v) is 2.47. The normalized spacial score (nSPS) is 21.4. The van der Waals surface area contributed by atoms with Crippen molar-refractivity contribution in [3.8, 4) is 0 Å². The van der Waals surface area contributed by atoms with E-state index >= 15 is 0 Å². The molecule has 1 aliphatic heterocycles. The summed E-state index contributed by atoms with van der Waals surface area (Å²) < 4.78 is 34.8. The molecule has 4 nitrogen and oxygen atoms in total. The Balaban J connectivity index is 1.87. The Kier molecular flexibility index (Phi) is 3.27. The van der Waals surface area contributed by atoms with Crippen molar-refractivity contribution < 1.29 is 27.8 Å². The lowest BCUT2D eigenvalue weighted by atomic mass is 10.2. The van der Waals surface area contributed by atoms with Crippen LogP contribution in [0.25, 0.3) is 0 Å². The second kappa shape index (κ2) is 4.72. The van der Waals surface area contributed by atoms with Gasteiger partial charge in [-0.1, -0.05) is 18.2 Å². The van der Waals surface area contributed by atoms with Gasteiger partial charge in [0.05, 0.1) is 12.0 Å². The molecule has 0 radical (unpaired) electrons. The molecule has 18 heavy (non-hydrogen) atoms. The first-order chi connectivity index (χ1) is 8.49. The number of carbonyl (C=O) groups excluding carboxylic acids is 2. The zero-order valence-corrected chi connectivity index (χ0v) is 9.27. The molecule has 0 aromatic heterocycles. The number of benzene rings is 1. The van der Waals surface area contributed by atoms with E-state index in [4.69, 9.17) is 4.74 Å². The van der Waals surface area contributed by atoms with E-state index in [1.807, 2.05) is 0 Å². The number of cyclic esters (lactones) is 1. The van der Waals surface area contributed by atoms with Crippen molar-refractivity contribution in [2.24, 2.45) is 0 Å². The Morgan fingerprint density at radius 1 is 1.39 bits per heavy atom. The summed E-state index contributed by atoms with van der Waals surface area (Å²) in [5.41, 5.74) is 0.314. The minimum atomic E-state index is -3.48. The van der Waals surface area contributed by atoms with Gasteiger partial charge in [-0.05, 0) is 12.1 Å². The van der Waals surface area contributed by atoms with Crippen LogP contribution in [0.5, 0.6) is 0 Å². The van der Waals surface area contributed by atoms with Crippen LogP contribution in [-0.4, -0.2) is 30.6 Å². The maximum absolute atomic E-state index is 12.8. The van der Waals surface area contributed by atoms with Gasteiger partial charge in [0.2, 0.25) is 0 Å². The van der Waals surface area contributed by atoms with Crippen molar-refractivity contribution in [3.05, 3.63) is 35.9 Å². The zero-order valence-electron chi connectivity index (χ0n) is 9.27. The molecule has 1 fully saturated rings. The Morgan fingerprint density at radius 2 is 2.06 bits per heavy atom. The van der Waals surface area contributed by atoms with Crippen LogP contribution in [0.15, 0.2) is 30.3 Å². The second-order valence-corrected chi connectivity index (χ2v) is 3.90. The van der Waals surface area contributed by atoms with Crippen LogP contribution in [-0.2, 0) is 14.3 Å². The molecule has 0 N–H and O–H groups in total. The largest absolute Gasteiger partial charge is 0.458 e. The van der Waals surface area contributed by atoms with E-state index in [2.05, 4.69) is 4.74 Å². The van der Waals surface area contributed by atoms with E-state index in [0.717, 1.165) is 0 Å². The van der Waals surface area contributed by atoms with Crippen LogP contribution < -0.4 is 0 Å². The van der Waals surface area contributed by atoms with Crippen LogP contribution in [0.4, 0.5) is 8.78 Å². The number of halogens is 2. The van der Waals surface area contributed by atoms with E-state index in [1.54, 1.807) is 18.2 Å². The topological polar surface area (TPSA) is 52.6 Å². The van der Waals surface area contributed by atoms with Crippen molar-refractivity contribution in [2.75, 3.05) is 6.61 Å². The minimum absolute atomic E-state index is 0.314. The van der Waals surface area contributed by atoms with Crippen LogP contribution in [0, 0.1) is 0 Å². The Hall–Kier alpha value is -1.98. The maximum Gasteiger partial charge on any atom is 0.377 e. The van der Waals surface area contributed by atoms with Gasteiger partial charge in [-0.15, -0.1) is 0 Å². The number of alkyl halides is 2. The molecule has 0 aliphatic carbocycles. The first-order valence-electron chi connectivity index (χ1n) is 5.30. The molecule has 1 aromatic carbocycles. The summed E-state index contributed by atoms with van der Waals surface area (Å²) in [6, 6.07) is 8.12. The summed E-state index contributed by atoms with van der Waals surface area (Å²) in [4.78, 5) is 22.2. The number of carbonyl (C=O) groups is 2. The molecule has 0 amide bonds. The maximum atomic E-state index is 12.8. The van der Waals surface area contributed by atoms with Gasteiger partial charge in [-0.25, -0.2) is 9.59 Å². The number of hydrogen-bond donors (Lipinski definition) is 0. The lowest BCUT2D eigenvalue weighted by Gasteiger charge is -2.09. The standard InChI is InChI=1S/C12H10F2O4/c13-12(14)6-9(18-11(12)16)7-17-10(15)8-4-2-1-3-5-8/h1-5,9H,6-7H2. The van der Waals surface area contributed by atoms with Crippen molar-refractivity contribution in [1.82, 2.24) is 0 Å². The molecule has 1 heterocycles. The molecule has 0 saturated carbocycles. The molecule has 6 heteroatoms. The minimum Gasteiger partial charge on any atom is -0.458 e. The fourth-order valence-electron chi connectivity index (χ4n) is 1.57. The second-order valence-electron chi connectivity index (χ2n) is 3.90. The summed E-state index contributed by atoms with van der Waals surface area (Å²) >= 11 is 0. The van der Waals surface area contributed by atoms with E-state index in [9.17, 15) is 18.4 Å². The molecular weight excluding hydrogens is 246 g/mol. The molecule has 1 unspecified atom stereocenters. The van der Waals surface area contributed by atoms with Gasteiger partial charge in [-0.3, -0.25) is 0 Å². The summed E-state index contributed by atoms with van der Waals surface area (Å²) in [6.45, 7) is -0.366. The fourth-order valence-corrected chi connectivity index (χ4v) is 1.57. The smallest absolute Gasteiger partial charge is 0.377 e. The van der Waals surface area contributed by atoms with Gasteiger partial charge in [0.15, 0.2) is 0 Å². The SMILES string of the molecule is O=C(OCC1CC(F)(F)C(=O)O1)c1ccccc1. The van der Waals surface area contributed by atoms with Crippen molar-refractivity contribution >= 4 is 11.9 Å². The summed E-state index contributed by atoms with van der Waals surface area (Å²) in [7, 11) is 0. The Morgan fingerprint density at radius 3 is 2.61 bits per heavy atom. The molecule has 2 rings (SSSR count). The molecule has 1 saturated heterocycles. The summed E-state index contributed by atoms with van der Waals surface area (Å²) in [6.07, 6.45) is -1.84. The van der Waals surface area contributed by atoms with Gasteiger partial charge in [-0.2, -0.15) is 8.78 Å². The third kappa shape index (κ3) is 2.64. The summed E-state index contributed by atoms with van der Waals surface area (Å²) in [5, 5.41) is 0. The Labute approximate surface area is 101 Å². The highest BCUT2D eigenvalue weighted by molar-refractivity contribution is 5.89. The number of hydrogen-bond acceptors (Lipinski definition) is 4. The average molecular weight is 256 g/mol. The zero-order chi connectivity index (χ0) is 13.2. The molecule has 1 aliphatic rings. The lowest BCUT2D eigenvalue weighted by Crippen LogP contribution is -2.22. The first kappa shape index (κ1) is 12.5. The lowest BCUT2D eigenvalue weighted by molar-refractivity contribution is -0.159. The first-order valence-corrected chi connectivity index (χ1v) is 5.30. The highest BCUT2D eigenvalue weighted by Crippen LogP contribution is 2.30. The predicted octanol–water partition coefficient (Wildman–Crippen LogP) is 1.79. The molecule has 0 spiro atoms. The average Bonchev–Trinajstić information content (AvgIpc) is 2.61. The van der Waals surface area contributed by atoms with Crippen LogP contribution in [0.1, 0.15) is 16.8 Å².